The number of Topliss-reactive ketones (excluding diaryl/α,β-unsaturated/α-hetero) is 1. The van der Waals surface area contributed by atoms with E-state index < -0.39 is 17.7 Å². The van der Waals surface area contributed by atoms with Gasteiger partial charge in [0, 0.05) is 18.7 Å². The maximum atomic E-state index is 13.2. The first kappa shape index (κ1) is 26.5. The van der Waals surface area contributed by atoms with E-state index in [0.717, 1.165) is 48.4 Å². The highest BCUT2D eigenvalue weighted by Gasteiger charge is 2.45. The van der Waals surface area contributed by atoms with Crippen molar-refractivity contribution in [2.24, 2.45) is 0 Å². The van der Waals surface area contributed by atoms with Crippen molar-refractivity contribution in [2.75, 3.05) is 32.8 Å². The molecule has 1 fully saturated rings. The number of aliphatic hydroxyl groups excluding tert-OH is 1. The molecule has 1 aliphatic rings. The molecular weight excluding hydrogens is 440 g/mol. The third-order valence-corrected chi connectivity index (χ3v) is 6.69. The van der Waals surface area contributed by atoms with Crippen molar-refractivity contribution in [3.63, 3.8) is 0 Å². The van der Waals surface area contributed by atoms with Gasteiger partial charge in [-0.25, -0.2) is 0 Å². The third kappa shape index (κ3) is 5.93. The smallest absolute Gasteiger partial charge is 0.295 e. The number of carbonyl (C=O) groups is 2. The minimum Gasteiger partial charge on any atom is -0.507 e. The van der Waals surface area contributed by atoms with E-state index in [2.05, 4.69) is 25.7 Å². The highest BCUT2D eigenvalue weighted by atomic mass is 16.5. The number of nitrogens with zero attached hydrogens (tertiary/aromatic N) is 2. The van der Waals surface area contributed by atoms with E-state index in [-0.39, 0.29) is 11.3 Å². The molecule has 35 heavy (non-hydrogen) atoms. The summed E-state index contributed by atoms with van der Waals surface area (Å²) in [5.41, 5.74) is 3.41. The number of aryl methyl sites for hydroxylation is 2. The number of likely N-dealkylation sites (tertiary alicyclic amines) is 1. The Morgan fingerprint density at radius 3 is 2.31 bits per heavy atom. The van der Waals surface area contributed by atoms with Crippen molar-refractivity contribution >= 4 is 17.4 Å². The number of hydrogen-bond donors (Lipinski definition) is 1. The van der Waals surface area contributed by atoms with Gasteiger partial charge in [-0.05, 0) is 62.7 Å². The van der Waals surface area contributed by atoms with Crippen LogP contribution in [0.15, 0.2) is 48.0 Å². The molecule has 6 nitrogen and oxygen atoms in total. The van der Waals surface area contributed by atoms with Gasteiger partial charge in [-0.2, -0.15) is 0 Å². The lowest BCUT2D eigenvalue weighted by atomic mass is 9.94. The van der Waals surface area contributed by atoms with E-state index >= 15 is 0 Å². The predicted octanol–water partition coefficient (Wildman–Crippen LogP) is 5.25. The van der Waals surface area contributed by atoms with Crippen LogP contribution in [0.5, 0.6) is 5.75 Å². The van der Waals surface area contributed by atoms with Crippen LogP contribution in [0.2, 0.25) is 0 Å². The fraction of sp³-hybridized carbons (Fsp3) is 0.448. The van der Waals surface area contributed by atoms with Crippen LogP contribution in [-0.4, -0.2) is 59.4 Å². The van der Waals surface area contributed by atoms with Crippen molar-refractivity contribution < 1.29 is 19.4 Å². The van der Waals surface area contributed by atoms with Gasteiger partial charge in [-0.3, -0.25) is 9.59 Å². The molecule has 0 radical (unpaired) electrons. The normalized spacial score (nSPS) is 17.4. The molecule has 0 bridgehead atoms. The maximum absolute atomic E-state index is 13.2. The molecule has 1 saturated heterocycles. The Morgan fingerprint density at radius 1 is 1.03 bits per heavy atom. The number of likely N-dealkylation sites (N-methyl/N-ethyl adjacent to an activating group) is 1. The van der Waals surface area contributed by atoms with Crippen LogP contribution in [0.1, 0.15) is 61.9 Å². The number of ether oxygens (including phenoxy) is 1. The Hall–Kier alpha value is -3.12. The standard InChI is InChI=1S/C29H38N2O4/c1-6-9-18-35-24-15-14-23(19-21(24)5)27(32)25-26(22-12-10-20(4)11-13-22)31(29(34)28(25)33)17-16-30(7-2)8-3/h10-15,19,26,32H,6-9,16-18H2,1-5H3/b27-25+/t26-/m1/s1. The summed E-state index contributed by atoms with van der Waals surface area (Å²) in [4.78, 5) is 30.2. The van der Waals surface area contributed by atoms with Crippen molar-refractivity contribution in [3.05, 3.63) is 70.3 Å². The van der Waals surface area contributed by atoms with Crippen LogP contribution in [0.3, 0.4) is 0 Å². The zero-order valence-electron chi connectivity index (χ0n) is 21.6. The Labute approximate surface area is 209 Å². The van der Waals surface area contributed by atoms with Gasteiger partial charge < -0.3 is 19.6 Å². The summed E-state index contributed by atoms with van der Waals surface area (Å²) >= 11 is 0. The monoisotopic (exact) mass is 478 g/mol. The van der Waals surface area contributed by atoms with Gasteiger partial charge in [0.25, 0.3) is 11.7 Å². The molecule has 6 heteroatoms. The van der Waals surface area contributed by atoms with Gasteiger partial charge in [0.2, 0.25) is 0 Å². The maximum Gasteiger partial charge on any atom is 0.295 e. The second-order valence-electron chi connectivity index (χ2n) is 9.11. The molecule has 1 N–H and O–H groups in total. The highest BCUT2D eigenvalue weighted by molar-refractivity contribution is 6.46. The predicted molar refractivity (Wildman–Crippen MR) is 140 cm³/mol. The molecule has 1 aliphatic heterocycles. The average molecular weight is 479 g/mol. The lowest BCUT2D eigenvalue weighted by molar-refractivity contribution is -0.140. The molecule has 2 aromatic carbocycles. The molecule has 1 atom stereocenters. The summed E-state index contributed by atoms with van der Waals surface area (Å²) in [6.07, 6.45) is 2.01. The number of rotatable bonds is 11. The number of hydrogen-bond acceptors (Lipinski definition) is 5. The second-order valence-corrected chi connectivity index (χ2v) is 9.11. The van der Waals surface area contributed by atoms with Gasteiger partial charge in [0.15, 0.2) is 0 Å². The van der Waals surface area contributed by atoms with E-state index in [1.807, 2.05) is 50.2 Å². The second kappa shape index (κ2) is 12.0. The fourth-order valence-corrected chi connectivity index (χ4v) is 4.44. The Balaban J connectivity index is 2.03. The van der Waals surface area contributed by atoms with Gasteiger partial charge in [0.05, 0.1) is 18.2 Å². The third-order valence-electron chi connectivity index (χ3n) is 6.69. The molecule has 0 aromatic heterocycles. The zero-order valence-corrected chi connectivity index (χ0v) is 21.6. The quantitative estimate of drug-likeness (QED) is 0.207. The topological polar surface area (TPSA) is 70.1 Å². The SMILES string of the molecule is CCCCOc1ccc(/C(O)=C2\C(=O)C(=O)N(CCN(CC)CC)[C@@H]2c2ccc(C)cc2)cc1C. The minimum atomic E-state index is -0.645. The summed E-state index contributed by atoms with van der Waals surface area (Å²) < 4.78 is 5.84. The molecule has 188 valence electrons. The molecular formula is C29H38N2O4. The number of aliphatic hydroxyl groups is 1. The molecule has 1 amide bonds. The minimum absolute atomic E-state index is 0.137. The Kier molecular flexibility index (Phi) is 9.10. The summed E-state index contributed by atoms with van der Waals surface area (Å²) in [5, 5.41) is 11.3. The van der Waals surface area contributed by atoms with Crippen molar-refractivity contribution in [2.45, 2.75) is 53.5 Å². The molecule has 0 spiro atoms. The summed E-state index contributed by atoms with van der Waals surface area (Å²) in [7, 11) is 0. The first-order valence-electron chi connectivity index (χ1n) is 12.6. The average Bonchev–Trinajstić information content (AvgIpc) is 3.10. The van der Waals surface area contributed by atoms with Gasteiger partial charge in [0.1, 0.15) is 11.5 Å². The number of benzene rings is 2. The summed E-state index contributed by atoms with van der Waals surface area (Å²) in [6.45, 7) is 13.6. The summed E-state index contributed by atoms with van der Waals surface area (Å²) in [5.74, 6) is -0.610. The molecule has 2 aromatic rings. The molecule has 1 heterocycles. The summed E-state index contributed by atoms with van der Waals surface area (Å²) in [6, 6.07) is 12.5. The Morgan fingerprint density at radius 2 is 1.71 bits per heavy atom. The molecule has 0 aliphatic carbocycles. The van der Waals surface area contributed by atoms with Crippen LogP contribution in [0.4, 0.5) is 0 Å². The number of unbranched alkanes of at least 4 members (excludes halogenated alkanes) is 1. The first-order chi connectivity index (χ1) is 16.8. The largest absolute Gasteiger partial charge is 0.507 e. The lowest BCUT2D eigenvalue weighted by Crippen LogP contribution is -2.38. The molecule has 3 rings (SSSR count). The van der Waals surface area contributed by atoms with Crippen LogP contribution < -0.4 is 4.74 Å². The van der Waals surface area contributed by atoms with Crippen LogP contribution in [0.25, 0.3) is 5.76 Å². The number of amides is 1. The van der Waals surface area contributed by atoms with Crippen molar-refractivity contribution in [3.8, 4) is 5.75 Å². The highest BCUT2D eigenvalue weighted by Crippen LogP contribution is 2.39. The molecule has 0 unspecified atom stereocenters. The Bertz CT molecular complexity index is 1070. The van der Waals surface area contributed by atoms with E-state index in [9.17, 15) is 14.7 Å². The van der Waals surface area contributed by atoms with E-state index in [0.29, 0.717) is 25.3 Å². The van der Waals surface area contributed by atoms with Crippen molar-refractivity contribution in [1.82, 2.24) is 9.80 Å². The van der Waals surface area contributed by atoms with Gasteiger partial charge in [-0.15, -0.1) is 0 Å². The van der Waals surface area contributed by atoms with E-state index in [4.69, 9.17) is 4.74 Å². The van der Waals surface area contributed by atoms with E-state index in [1.165, 1.54) is 0 Å². The lowest BCUT2D eigenvalue weighted by Gasteiger charge is -2.28. The van der Waals surface area contributed by atoms with Crippen LogP contribution in [0, 0.1) is 13.8 Å². The van der Waals surface area contributed by atoms with Gasteiger partial charge >= 0.3 is 0 Å². The zero-order chi connectivity index (χ0) is 25.5. The number of ketones is 1. The number of carbonyl (C=O) groups excluding carboxylic acids is 2. The van der Waals surface area contributed by atoms with Crippen molar-refractivity contribution in [1.29, 1.82) is 0 Å². The van der Waals surface area contributed by atoms with Gasteiger partial charge in [-0.1, -0.05) is 57.0 Å². The van der Waals surface area contributed by atoms with Crippen LogP contribution in [-0.2, 0) is 9.59 Å². The van der Waals surface area contributed by atoms with E-state index in [1.54, 1.807) is 11.0 Å². The van der Waals surface area contributed by atoms with Crippen LogP contribution >= 0.6 is 0 Å². The fourth-order valence-electron chi connectivity index (χ4n) is 4.44. The first-order valence-corrected chi connectivity index (χ1v) is 12.6. The molecule has 0 saturated carbocycles.